The molecule has 2 heterocycles. The summed E-state index contributed by atoms with van der Waals surface area (Å²) in [6.45, 7) is 0. The van der Waals surface area contributed by atoms with Gasteiger partial charge < -0.3 is 10.1 Å². The average Bonchev–Trinajstić information content (AvgIpc) is 2.72. The highest BCUT2D eigenvalue weighted by molar-refractivity contribution is 9.10. The standard InChI is InChI=1S/C13H10BrN3/c14-10-4-5-13-16-12(8-17(13)7-10)9-2-1-3-11(15)6-9/h1-8H,15H2. The molecule has 0 bridgehead atoms. The van der Waals surface area contributed by atoms with Crippen LogP contribution in [0.2, 0.25) is 0 Å². The third-order valence-corrected chi connectivity index (χ3v) is 3.07. The zero-order valence-corrected chi connectivity index (χ0v) is 10.6. The number of hydrogen-bond donors (Lipinski definition) is 1. The summed E-state index contributed by atoms with van der Waals surface area (Å²) in [5.41, 5.74) is 9.40. The molecular weight excluding hydrogens is 278 g/mol. The van der Waals surface area contributed by atoms with Gasteiger partial charge in [-0.2, -0.15) is 0 Å². The summed E-state index contributed by atoms with van der Waals surface area (Å²) in [6, 6.07) is 11.7. The molecule has 0 radical (unpaired) electrons. The van der Waals surface area contributed by atoms with E-state index in [9.17, 15) is 0 Å². The van der Waals surface area contributed by atoms with Gasteiger partial charge in [0.1, 0.15) is 5.65 Å². The van der Waals surface area contributed by atoms with Crippen LogP contribution in [0.5, 0.6) is 0 Å². The summed E-state index contributed by atoms with van der Waals surface area (Å²) in [5, 5.41) is 0. The third kappa shape index (κ3) is 1.91. The molecule has 0 atom stereocenters. The summed E-state index contributed by atoms with van der Waals surface area (Å²) in [4.78, 5) is 4.55. The molecule has 0 aliphatic carbocycles. The van der Waals surface area contributed by atoms with Crippen molar-refractivity contribution in [1.29, 1.82) is 0 Å². The number of benzene rings is 1. The molecule has 84 valence electrons. The highest BCUT2D eigenvalue weighted by Crippen LogP contribution is 2.22. The predicted molar refractivity (Wildman–Crippen MR) is 72.7 cm³/mol. The number of hydrogen-bond acceptors (Lipinski definition) is 2. The van der Waals surface area contributed by atoms with Crippen LogP contribution in [0.3, 0.4) is 0 Å². The Morgan fingerprint density at radius 2 is 2.00 bits per heavy atom. The maximum atomic E-state index is 5.77. The third-order valence-electron chi connectivity index (χ3n) is 2.60. The fourth-order valence-electron chi connectivity index (χ4n) is 1.80. The number of nitrogens with zero attached hydrogens (tertiary/aromatic N) is 2. The molecule has 2 aromatic heterocycles. The van der Waals surface area contributed by atoms with E-state index in [1.54, 1.807) is 0 Å². The van der Waals surface area contributed by atoms with E-state index in [4.69, 9.17) is 5.73 Å². The second-order valence-electron chi connectivity index (χ2n) is 3.86. The van der Waals surface area contributed by atoms with Crippen LogP contribution >= 0.6 is 15.9 Å². The monoisotopic (exact) mass is 287 g/mol. The summed E-state index contributed by atoms with van der Waals surface area (Å²) >= 11 is 3.44. The zero-order chi connectivity index (χ0) is 11.8. The molecular formula is C13H10BrN3. The van der Waals surface area contributed by atoms with Crippen LogP contribution in [0.1, 0.15) is 0 Å². The molecule has 0 aliphatic rings. The van der Waals surface area contributed by atoms with E-state index in [0.717, 1.165) is 27.1 Å². The van der Waals surface area contributed by atoms with Gasteiger partial charge in [-0.05, 0) is 40.2 Å². The minimum Gasteiger partial charge on any atom is -0.399 e. The maximum Gasteiger partial charge on any atom is 0.137 e. The SMILES string of the molecule is Nc1cccc(-c2cn3cc(Br)ccc3n2)c1. The molecule has 0 fully saturated rings. The Morgan fingerprint density at radius 1 is 1.12 bits per heavy atom. The van der Waals surface area contributed by atoms with E-state index in [1.165, 1.54) is 0 Å². The normalized spacial score (nSPS) is 10.9. The molecule has 3 aromatic rings. The Kier molecular flexibility index (Phi) is 2.37. The van der Waals surface area contributed by atoms with Crippen molar-refractivity contribution < 1.29 is 0 Å². The predicted octanol–water partition coefficient (Wildman–Crippen LogP) is 3.35. The molecule has 4 heteroatoms. The average molecular weight is 288 g/mol. The van der Waals surface area contributed by atoms with Crippen molar-refractivity contribution in [2.24, 2.45) is 0 Å². The highest BCUT2D eigenvalue weighted by atomic mass is 79.9. The van der Waals surface area contributed by atoms with Crippen molar-refractivity contribution in [1.82, 2.24) is 9.38 Å². The van der Waals surface area contributed by atoms with Crippen LogP contribution < -0.4 is 5.73 Å². The lowest BCUT2D eigenvalue weighted by atomic mass is 10.1. The summed E-state index contributed by atoms with van der Waals surface area (Å²) in [5.74, 6) is 0. The van der Waals surface area contributed by atoms with Crippen LogP contribution in [0, 0.1) is 0 Å². The van der Waals surface area contributed by atoms with E-state index in [2.05, 4.69) is 20.9 Å². The second-order valence-corrected chi connectivity index (χ2v) is 4.78. The molecule has 0 saturated heterocycles. The number of anilines is 1. The van der Waals surface area contributed by atoms with E-state index in [-0.39, 0.29) is 0 Å². The van der Waals surface area contributed by atoms with Crippen LogP contribution in [0.15, 0.2) is 53.3 Å². The largest absolute Gasteiger partial charge is 0.399 e. The van der Waals surface area contributed by atoms with Crippen molar-refractivity contribution in [2.75, 3.05) is 5.73 Å². The first-order valence-electron chi connectivity index (χ1n) is 5.22. The smallest absolute Gasteiger partial charge is 0.137 e. The fourth-order valence-corrected chi connectivity index (χ4v) is 2.15. The van der Waals surface area contributed by atoms with Crippen LogP contribution in [-0.2, 0) is 0 Å². The van der Waals surface area contributed by atoms with Gasteiger partial charge in [0, 0.05) is 28.1 Å². The number of imidazole rings is 1. The van der Waals surface area contributed by atoms with Gasteiger partial charge >= 0.3 is 0 Å². The highest BCUT2D eigenvalue weighted by Gasteiger charge is 2.04. The quantitative estimate of drug-likeness (QED) is 0.698. The molecule has 2 N–H and O–H groups in total. The summed E-state index contributed by atoms with van der Waals surface area (Å²) < 4.78 is 3.02. The second kappa shape index (κ2) is 3.89. The van der Waals surface area contributed by atoms with Gasteiger partial charge in [0.05, 0.1) is 5.69 Å². The molecule has 3 nitrogen and oxygen atoms in total. The number of nitrogen functional groups attached to an aromatic ring is 1. The van der Waals surface area contributed by atoms with Crippen molar-refractivity contribution in [3.8, 4) is 11.3 Å². The van der Waals surface area contributed by atoms with Crippen LogP contribution in [0.4, 0.5) is 5.69 Å². The number of aromatic nitrogens is 2. The molecule has 17 heavy (non-hydrogen) atoms. The molecule has 0 spiro atoms. The van der Waals surface area contributed by atoms with E-state index < -0.39 is 0 Å². The topological polar surface area (TPSA) is 43.3 Å². The van der Waals surface area contributed by atoms with Gasteiger partial charge in [0.25, 0.3) is 0 Å². The first-order valence-corrected chi connectivity index (χ1v) is 6.02. The lowest BCUT2D eigenvalue weighted by molar-refractivity contribution is 1.17. The lowest BCUT2D eigenvalue weighted by Crippen LogP contribution is -1.84. The molecule has 0 amide bonds. The first kappa shape index (κ1) is 10.4. The first-order chi connectivity index (χ1) is 8.22. The number of fused-ring (bicyclic) bond motifs is 1. The Hall–Kier alpha value is -1.81. The number of nitrogens with two attached hydrogens (primary N) is 1. The molecule has 3 rings (SSSR count). The van der Waals surface area contributed by atoms with E-state index in [1.807, 2.05) is 53.2 Å². The number of pyridine rings is 1. The molecule has 0 aliphatic heterocycles. The maximum absolute atomic E-state index is 5.77. The van der Waals surface area contributed by atoms with Crippen LogP contribution in [0.25, 0.3) is 16.9 Å². The van der Waals surface area contributed by atoms with E-state index >= 15 is 0 Å². The Labute approximate surface area is 107 Å². The van der Waals surface area contributed by atoms with Crippen molar-refractivity contribution in [3.63, 3.8) is 0 Å². The summed E-state index contributed by atoms with van der Waals surface area (Å²) in [6.07, 6.45) is 3.98. The Bertz CT molecular complexity index is 688. The lowest BCUT2D eigenvalue weighted by Gasteiger charge is -1.96. The van der Waals surface area contributed by atoms with Crippen molar-refractivity contribution in [3.05, 3.63) is 53.3 Å². The van der Waals surface area contributed by atoms with Crippen molar-refractivity contribution >= 4 is 27.3 Å². The van der Waals surface area contributed by atoms with Gasteiger partial charge in [0.15, 0.2) is 0 Å². The Morgan fingerprint density at radius 3 is 2.82 bits per heavy atom. The van der Waals surface area contributed by atoms with Gasteiger partial charge in [0.2, 0.25) is 0 Å². The molecule has 0 saturated carbocycles. The number of rotatable bonds is 1. The Balaban J connectivity index is 2.18. The van der Waals surface area contributed by atoms with Gasteiger partial charge in [-0.15, -0.1) is 0 Å². The van der Waals surface area contributed by atoms with E-state index in [0.29, 0.717) is 0 Å². The van der Waals surface area contributed by atoms with Crippen molar-refractivity contribution in [2.45, 2.75) is 0 Å². The van der Waals surface area contributed by atoms with Crippen LogP contribution in [-0.4, -0.2) is 9.38 Å². The van der Waals surface area contributed by atoms with Gasteiger partial charge in [-0.25, -0.2) is 4.98 Å². The minimum absolute atomic E-state index is 0.751. The molecule has 1 aromatic carbocycles. The fraction of sp³-hybridized carbons (Fsp3) is 0. The van der Waals surface area contributed by atoms with Gasteiger partial charge in [-0.1, -0.05) is 12.1 Å². The summed E-state index contributed by atoms with van der Waals surface area (Å²) in [7, 11) is 0. The molecule has 0 unspecified atom stereocenters. The zero-order valence-electron chi connectivity index (χ0n) is 8.97. The van der Waals surface area contributed by atoms with Gasteiger partial charge in [-0.3, -0.25) is 0 Å². The number of halogens is 1. The minimum atomic E-state index is 0.751.